The Morgan fingerprint density at radius 1 is 0.947 bits per heavy atom. The SMILES string of the molecule is COC(=O)CCC(c1ccccc1)c1ccccc1. The van der Waals surface area contributed by atoms with Gasteiger partial charge >= 0.3 is 5.97 Å². The summed E-state index contributed by atoms with van der Waals surface area (Å²) in [5, 5.41) is 0. The highest BCUT2D eigenvalue weighted by molar-refractivity contribution is 5.69. The predicted octanol–water partition coefficient (Wildman–Crippen LogP) is 3.77. The van der Waals surface area contributed by atoms with E-state index < -0.39 is 0 Å². The fourth-order valence-corrected chi connectivity index (χ4v) is 2.26. The van der Waals surface area contributed by atoms with Crippen molar-refractivity contribution < 1.29 is 9.53 Å². The van der Waals surface area contributed by atoms with Gasteiger partial charge in [0.05, 0.1) is 7.11 Å². The van der Waals surface area contributed by atoms with E-state index in [1.54, 1.807) is 0 Å². The summed E-state index contributed by atoms with van der Waals surface area (Å²) in [4.78, 5) is 11.4. The van der Waals surface area contributed by atoms with Gasteiger partial charge in [-0.3, -0.25) is 4.79 Å². The van der Waals surface area contributed by atoms with Gasteiger partial charge in [-0.15, -0.1) is 0 Å². The van der Waals surface area contributed by atoms with Gasteiger partial charge in [-0.05, 0) is 17.5 Å². The Labute approximate surface area is 114 Å². The number of benzene rings is 2. The highest BCUT2D eigenvalue weighted by Crippen LogP contribution is 2.29. The molecule has 0 radical (unpaired) electrons. The summed E-state index contributed by atoms with van der Waals surface area (Å²) in [6.07, 6.45) is 1.20. The van der Waals surface area contributed by atoms with Crippen molar-refractivity contribution >= 4 is 5.97 Å². The molecule has 2 aromatic carbocycles. The van der Waals surface area contributed by atoms with Gasteiger partial charge in [-0.25, -0.2) is 0 Å². The van der Waals surface area contributed by atoms with Crippen molar-refractivity contribution in [2.45, 2.75) is 18.8 Å². The van der Waals surface area contributed by atoms with E-state index in [-0.39, 0.29) is 11.9 Å². The summed E-state index contributed by atoms with van der Waals surface area (Å²) in [5.41, 5.74) is 2.47. The molecule has 0 aromatic heterocycles. The summed E-state index contributed by atoms with van der Waals surface area (Å²) >= 11 is 0. The summed E-state index contributed by atoms with van der Waals surface area (Å²) in [5.74, 6) is 0.0818. The van der Waals surface area contributed by atoms with Gasteiger partial charge in [0.2, 0.25) is 0 Å². The molecular formula is C17H18O2. The fraction of sp³-hybridized carbons (Fsp3) is 0.235. The van der Waals surface area contributed by atoms with Gasteiger partial charge in [-0.2, -0.15) is 0 Å². The van der Waals surface area contributed by atoms with Crippen LogP contribution in [0.5, 0.6) is 0 Å². The molecule has 0 saturated carbocycles. The van der Waals surface area contributed by atoms with Crippen LogP contribution in [-0.4, -0.2) is 13.1 Å². The maximum atomic E-state index is 11.4. The minimum absolute atomic E-state index is 0.156. The smallest absolute Gasteiger partial charge is 0.305 e. The maximum absolute atomic E-state index is 11.4. The second-order valence-corrected chi connectivity index (χ2v) is 4.49. The standard InChI is InChI=1S/C17H18O2/c1-19-17(18)13-12-16(14-8-4-2-5-9-14)15-10-6-3-7-11-15/h2-11,16H,12-13H2,1H3. The third-order valence-corrected chi connectivity index (χ3v) is 3.27. The minimum atomic E-state index is -0.156. The van der Waals surface area contributed by atoms with Crippen molar-refractivity contribution in [3.05, 3.63) is 71.8 Å². The first-order valence-corrected chi connectivity index (χ1v) is 6.48. The molecule has 0 fully saturated rings. The van der Waals surface area contributed by atoms with Crippen LogP contribution in [0.25, 0.3) is 0 Å². The Morgan fingerprint density at radius 3 is 1.84 bits per heavy atom. The number of rotatable bonds is 5. The van der Waals surface area contributed by atoms with E-state index >= 15 is 0 Å². The van der Waals surface area contributed by atoms with Gasteiger partial charge in [-0.1, -0.05) is 60.7 Å². The van der Waals surface area contributed by atoms with Crippen molar-refractivity contribution in [1.29, 1.82) is 0 Å². The molecular weight excluding hydrogens is 236 g/mol. The molecule has 0 aliphatic carbocycles. The highest BCUT2D eigenvalue weighted by Gasteiger charge is 2.15. The van der Waals surface area contributed by atoms with Crippen molar-refractivity contribution in [1.82, 2.24) is 0 Å². The van der Waals surface area contributed by atoms with Gasteiger partial charge < -0.3 is 4.74 Å². The van der Waals surface area contributed by atoms with Crippen molar-refractivity contribution in [2.24, 2.45) is 0 Å². The number of hydrogen-bond acceptors (Lipinski definition) is 2. The molecule has 0 bridgehead atoms. The monoisotopic (exact) mass is 254 g/mol. The molecule has 0 heterocycles. The van der Waals surface area contributed by atoms with Gasteiger partial charge in [0.1, 0.15) is 0 Å². The van der Waals surface area contributed by atoms with Crippen LogP contribution in [0.4, 0.5) is 0 Å². The van der Waals surface area contributed by atoms with Crippen LogP contribution >= 0.6 is 0 Å². The Balaban J connectivity index is 2.21. The average Bonchev–Trinajstić information content (AvgIpc) is 2.49. The molecule has 0 unspecified atom stereocenters. The van der Waals surface area contributed by atoms with Crippen LogP contribution < -0.4 is 0 Å². The normalized spacial score (nSPS) is 10.4. The first-order chi connectivity index (χ1) is 9.31. The number of methoxy groups -OCH3 is 1. The zero-order valence-electron chi connectivity index (χ0n) is 11.1. The molecule has 0 spiro atoms. The van der Waals surface area contributed by atoms with E-state index in [9.17, 15) is 4.79 Å². The van der Waals surface area contributed by atoms with Crippen LogP contribution in [-0.2, 0) is 9.53 Å². The number of carbonyl (C=O) groups excluding carboxylic acids is 1. The van der Waals surface area contributed by atoms with Crippen LogP contribution in [0.3, 0.4) is 0 Å². The molecule has 2 nitrogen and oxygen atoms in total. The molecule has 0 aliphatic rings. The minimum Gasteiger partial charge on any atom is -0.469 e. The summed E-state index contributed by atoms with van der Waals surface area (Å²) in [6.45, 7) is 0. The maximum Gasteiger partial charge on any atom is 0.305 e. The third-order valence-electron chi connectivity index (χ3n) is 3.27. The van der Waals surface area contributed by atoms with Crippen LogP contribution in [0, 0.1) is 0 Å². The zero-order chi connectivity index (χ0) is 13.5. The quantitative estimate of drug-likeness (QED) is 0.759. The van der Waals surface area contributed by atoms with Crippen LogP contribution in [0.1, 0.15) is 29.9 Å². The summed E-state index contributed by atoms with van der Waals surface area (Å²) in [6, 6.07) is 20.6. The number of carbonyl (C=O) groups is 1. The Bertz CT molecular complexity index is 466. The topological polar surface area (TPSA) is 26.3 Å². The van der Waals surface area contributed by atoms with E-state index in [1.165, 1.54) is 18.2 Å². The summed E-state index contributed by atoms with van der Waals surface area (Å²) in [7, 11) is 1.43. The molecule has 19 heavy (non-hydrogen) atoms. The molecule has 98 valence electrons. The second-order valence-electron chi connectivity index (χ2n) is 4.49. The Morgan fingerprint density at radius 2 is 1.42 bits per heavy atom. The fourth-order valence-electron chi connectivity index (χ4n) is 2.26. The molecule has 0 N–H and O–H groups in total. The molecule has 2 aromatic rings. The Kier molecular flexibility index (Phi) is 4.73. The third kappa shape index (κ3) is 3.68. The number of ether oxygens (including phenoxy) is 1. The molecule has 0 saturated heterocycles. The second kappa shape index (κ2) is 6.74. The average molecular weight is 254 g/mol. The number of hydrogen-bond donors (Lipinski definition) is 0. The first-order valence-electron chi connectivity index (χ1n) is 6.48. The Hall–Kier alpha value is -2.09. The lowest BCUT2D eigenvalue weighted by Gasteiger charge is -2.17. The van der Waals surface area contributed by atoms with Crippen LogP contribution in [0.15, 0.2) is 60.7 Å². The lowest BCUT2D eigenvalue weighted by atomic mass is 9.87. The highest BCUT2D eigenvalue weighted by atomic mass is 16.5. The van der Waals surface area contributed by atoms with E-state index in [1.807, 2.05) is 36.4 Å². The molecule has 0 amide bonds. The molecule has 0 atom stereocenters. The molecule has 0 aliphatic heterocycles. The summed E-state index contributed by atoms with van der Waals surface area (Å²) < 4.78 is 4.73. The van der Waals surface area contributed by atoms with Crippen molar-refractivity contribution in [3.8, 4) is 0 Å². The zero-order valence-corrected chi connectivity index (χ0v) is 11.1. The molecule has 2 heteroatoms. The lowest BCUT2D eigenvalue weighted by Crippen LogP contribution is -2.06. The molecule has 2 rings (SSSR count). The largest absolute Gasteiger partial charge is 0.469 e. The van der Waals surface area contributed by atoms with Gasteiger partial charge in [0.15, 0.2) is 0 Å². The lowest BCUT2D eigenvalue weighted by molar-refractivity contribution is -0.140. The van der Waals surface area contributed by atoms with Crippen molar-refractivity contribution in [3.63, 3.8) is 0 Å². The van der Waals surface area contributed by atoms with E-state index in [2.05, 4.69) is 24.3 Å². The van der Waals surface area contributed by atoms with E-state index in [0.717, 1.165) is 6.42 Å². The van der Waals surface area contributed by atoms with Crippen molar-refractivity contribution in [2.75, 3.05) is 7.11 Å². The van der Waals surface area contributed by atoms with Gasteiger partial charge in [0, 0.05) is 12.3 Å². The van der Waals surface area contributed by atoms with E-state index in [0.29, 0.717) is 6.42 Å². The predicted molar refractivity (Wildman–Crippen MR) is 76.0 cm³/mol. The first kappa shape index (κ1) is 13.3. The van der Waals surface area contributed by atoms with Crippen LogP contribution in [0.2, 0.25) is 0 Å². The van der Waals surface area contributed by atoms with Gasteiger partial charge in [0.25, 0.3) is 0 Å². The number of esters is 1. The van der Waals surface area contributed by atoms with E-state index in [4.69, 9.17) is 4.74 Å².